The summed E-state index contributed by atoms with van der Waals surface area (Å²) in [6.45, 7) is 4.83. The van der Waals surface area contributed by atoms with Crippen molar-refractivity contribution >= 4 is 11.6 Å². The molecule has 0 N–H and O–H groups in total. The molecule has 0 aliphatic carbocycles. The van der Waals surface area contributed by atoms with Gasteiger partial charge in [0.1, 0.15) is 4.87 Å². The summed E-state index contributed by atoms with van der Waals surface area (Å²) in [5.41, 5.74) is 0. The van der Waals surface area contributed by atoms with E-state index in [4.69, 9.17) is 16.9 Å². The van der Waals surface area contributed by atoms with Crippen LogP contribution in [0.4, 0.5) is 0 Å². The molecule has 0 heterocycles. The summed E-state index contributed by atoms with van der Waals surface area (Å²) >= 11 is 5.25. The summed E-state index contributed by atoms with van der Waals surface area (Å²) in [6.07, 6.45) is 0. The van der Waals surface area contributed by atoms with Crippen LogP contribution in [0.3, 0.4) is 0 Å². The molecule has 0 saturated heterocycles. The summed E-state index contributed by atoms with van der Waals surface area (Å²) in [6, 6.07) is 1.76. The smallest absolute Gasteiger partial charge is 0.128 e. The Kier molecular flexibility index (Phi) is 1.43. The van der Waals surface area contributed by atoms with Crippen LogP contribution >= 0.6 is 11.6 Å². The van der Waals surface area contributed by atoms with E-state index in [1.807, 2.05) is 0 Å². The summed E-state index contributed by atoms with van der Waals surface area (Å²) in [5, 5.41) is 7.96. The lowest BCUT2D eigenvalue weighted by molar-refractivity contribution is 1.00. The van der Waals surface area contributed by atoms with Crippen molar-refractivity contribution in [2.75, 3.05) is 0 Å². The number of nitrogens with zero attached hydrogens (tertiary/aromatic N) is 1. The molecule has 0 aromatic carbocycles. The topological polar surface area (TPSA) is 23.8 Å². The molecule has 0 aromatic heterocycles. The fourth-order valence-corrected chi connectivity index (χ4v) is 0. The molecule has 0 aliphatic rings. The molecule has 0 aliphatic heterocycles. The lowest BCUT2D eigenvalue weighted by atomic mass is 10.2. The first kappa shape index (κ1) is 5.78. The van der Waals surface area contributed by atoms with E-state index in [0.29, 0.717) is 0 Å². The maximum absolute atomic E-state index is 7.96. The van der Waals surface area contributed by atoms with Gasteiger partial charge in [-0.15, -0.1) is 11.6 Å². The Morgan fingerprint density at radius 1 is 2.00 bits per heavy atom. The van der Waals surface area contributed by atoms with Gasteiger partial charge in [0.15, 0.2) is 0 Å². The summed E-state index contributed by atoms with van der Waals surface area (Å²) in [7, 11) is 0. The van der Waals surface area contributed by atoms with Crippen molar-refractivity contribution in [1.82, 2.24) is 0 Å². The van der Waals surface area contributed by atoms with Gasteiger partial charge in [-0.25, -0.2) is 0 Å². The van der Waals surface area contributed by atoms with E-state index < -0.39 is 4.87 Å². The van der Waals surface area contributed by atoms with Gasteiger partial charge < -0.3 is 0 Å². The van der Waals surface area contributed by atoms with Crippen molar-refractivity contribution in [3.8, 4) is 6.07 Å². The van der Waals surface area contributed by atoms with Crippen LogP contribution in [-0.4, -0.2) is 4.87 Å². The fourth-order valence-electron chi connectivity index (χ4n) is 0. The van der Waals surface area contributed by atoms with Gasteiger partial charge in [0.05, 0.1) is 6.07 Å². The third kappa shape index (κ3) is 3.78. The van der Waals surface area contributed by atoms with E-state index in [9.17, 15) is 0 Å². The third-order valence-electron chi connectivity index (χ3n) is 0.233. The predicted octanol–water partition coefficient (Wildman–Crippen LogP) is 1.34. The molecule has 1 radical (unpaired) electrons. The second kappa shape index (κ2) is 1.49. The molecule has 1 nitrogen and oxygen atoms in total. The van der Waals surface area contributed by atoms with E-state index in [1.165, 1.54) is 6.92 Å². The standard InChI is InChI=1S/C4H5ClN/c1-4(2,5)3-6/h1H2,2H3. The normalized spacial score (nSPS) is 10.3. The molecule has 2 heteroatoms. The van der Waals surface area contributed by atoms with Crippen LogP contribution < -0.4 is 0 Å². The van der Waals surface area contributed by atoms with E-state index in [1.54, 1.807) is 6.07 Å². The summed E-state index contributed by atoms with van der Waals surface area (Å²) in [4.78, 5) is -0.931. The molecule has 6 heavy (non-hydrogen) atoms. The first-order valence-electron chi connectivity index (χ1n) is 1.52. The second-order valence-electron chi connectivity index (χ2n) is 1.31. The van der Waals surface area contributed by atoms with E-state index in [-0.39, 0.29) is 0 Å². The Morgan fingerprint density at radius 3 is 2.17 bits per heavy atom. The number of halogens is 1. The molecule has 0 amide bonds. The van der Waals surface area contributed by atoms with Gasteiger partial charge in [-0.05, 0) is 13.8 Å². The van der Waals surface area contributed by atoms with Crippen LogP contribution in [0.2, 0.25) is 0 Å². The molecular formula is C4H5ClN. The number of alkyl halides is 1. The van der Waals surface area contributed by atoms with E-state index in [0.717, 1.165) is 0 Å². The first-order chi connectivity index (χ1) is 2.56. The second-order valence-corrected chi connectivity index (χ2v) is 2.14. The molecule has 0 spiro atoms. The highest BCUT2D eigenvalue weighted by atomic mass is 35.5. The molecule has 1 unspecified atom stereocenters. The van der Waals surface area contributed by atoms with Crippen LogP contribution in [0.25, 0.3) is 0 Å². The van der Waals surface area contributed by atoms with Crippen LogP contribution in [0.5, 0.6) is 0 Å². The van der Waals surface area contributed by atoms with Crippen molar-refractivity contribution in [2.45, 2.75) is 11.8 Å². The maximum atomic E-state index is 7.96. The lowest BCUT2D eigenvalue weighted by Crippen LogP contribution is -2.03. The molecule has 1 atom stereocenters. The van der Waals surface area contributed by atoms with Crippen LogP contribution in [0.15, 0.2) is 0 Å². The number of rotatable bonds is 0. The minimum Gasteiger partial charge on any atom is -0.196 e. The number of nitriles is 1. The minimum absolute atomic E-state index is 0.931. The molecule has 0 saturated carbocycles. The van der Waals surface area contributed by atoms with Crippen molar-refractivity contribution in [3.05, 3.63) is 6.92 Å². The van der Waals surface area contributed by atoms with Crippen molar-refractivity contribution in [2.24, 2.45) is 0 Å². The quantitative estimate of drug-likeness (QED) is 0.424. The van der Waals surface area contributed by atoms with Gasteiger partial charge in [-0.3, -0.25) is 0 Å². The molecule has 0 aromatic rings. The van der Waals surface area contributed by atoms with Gasteiger partial charge in [0, 0.05) is 0 Å². The average Bonchev–Trinajstić information content (AvgIpc) is 1.35. The average molecular weight is 103 g/mol. The molecular weight excluding hydrogens is 97.5 g/mol. The van der Waals surface area contributed by atoms with Crippen molar-refractivity contribution in [1.29, 1.82) is 5.26 Å². The highest BCUT2D eigenvalue weighted by Gasteiger charge is 2.08. The maximum Gasteiger partial charge on any atom is 0.128 e. The fraction of sp³-hybridized carbons (Fsp3) is 0.500. The van der Waals surface area contributed by atoms with Crippen LogP contribution in [0.1, 0.15) is 6.92 Å². The van der Waals surface area contributed by atoms with Gasteiger partial charge >= 0.3 is 0 Å². The number of hydrogen-bond acceptors (Lipinski definition) is 1. The Balaban J connectivity index is 3.55. The van der Waals surface area contributed by atoms with Gasteiger partial charge in [-0.1, -0.05) is 0 Å². The van der Waals surface area contributed by atoms with E-state index >= 15 is 0 Å². The van der Waals surface area contributed by atoms with Crippen molar-refractivity contribution < 1.29 is 0 Å². The van der Waals surface area contributed by atoms with Crippen molar-refractivity contribution in [3.63, 3.8) is 0 Å². The first-order valence-corrected chi connectivity index (χ1v) is 1.89. The monoisotopic (exact) mass is 102 g/mol. The van der Waals surface area contributed by atoms with E-state index in [2.05, 4.69) is 6.92 Å². The van der Waals surface area contributed by atoms with Gasteiger partial charge in [0.2, 0.25) is 0 Å². The zero-order valence-corrected chi connectivity index (χ0v) is 4.29. The van der Waals surface area contributed by atoms with Crippen LogP contribution in [0, 0.1) is 18.3 Å². The largest absolute Gasteiger partial charge is 0.196 e. The molecule has 0 bridgehead atoms. The third-order valence-corrected chi connectivity index (χ3v) is 0.318. The highest BCUT2D eigenvalue weighted by Crippen LogP contribution is 2.07. The molecule has 33 valence electrons. The Bertz CT molecular complexity index is 74.5. The summed E-state index contributed by atoms with van der Waals surface area (Å²) in [5.74, 6) is 0. The SMILES string of the molecule is [CH2]C(C)(Cl)C#N. The molecule has 0 rings (SSSR count). The summed E-state index contributed by atoms with van der Waals surface area (Å²) < 4.78 is 0. The molecule has 0 fully saturated rings. The Hall–Kier alpha value is -0.220. The lowest BCUT2D eigenvalue weighted by Gasteiger charge is -1.97. The zero-order valence-electron chi connectivity index (χ0n) is 3.53. The predicted molar refractivity (Wildman–Crippen MR) is 25.2 cm³/mol. The van der Waals surface area contributed by atoms with Crippen LogP contribution in [-0.2, 0) is 0 Å². The minimum atomic E-state index is -0.931. The zero-order chi connectivity index (χ0) is 5.21. The highest BCUT2D eigenvalue weighted by molar-refractivity contribution is 6.26. The van der Waals surface area contributed by atoms with Gasteiger partial charge in [0.25, 0.3) is 0 Å². The Morgan fingerprint density at radius 2 is 2.17 bits per heavy atom. The van der Waals surface area contributed by atoms with Gasteiger partial charge in [-0.2, -0.15) is 5.26 Å². The number of hydrogen-bond donors (Lipinski definition) is 0. The Labute approximate surface area is 42.5 Å².